The number of hydrogen-bond donors (Lipinski definition) is 1. The molecule has 0 fully saturated rings. The summed E-state index contributed by atoms with van der Waals surface area (Å²) in [7, 11) is 0. The Balaban J connectivity index is 2.11. The van der Waals surface area contributed by atoms with E-state index in [1.54, 1.807) is 0 Å². The minimum atomic E-state index is -1.93. The standard InChI is InChI=1S/C15H12ClN3/c16-15-18-13(11-7-3-1-4-8-11)17-14(19-15)12-9-5-2-6-10-12/h1-10,15H,(H,17,18,19)/i15D/hD. The van der Waals surface area contributed by atoms with Crippen LogP contribution in [-0.4, -0.2) is 17.3 Å². The molecular weight excluding hydrogens is 258 g/mol. The normalized spacial score (nSPS) is 24.2. The predicted octanol–water partition coefficient (Wildman–Crippen LogP) is 3.01. The first-order chi connectivity index (χ1) is 10.1. The highest BCUT2D eigenvalue weighted by atomic mass is 35.5. The second-order valence-corrected chi connectivity index (χ2v) is 4.32. The van der Waals surface area contributed by atoms with E-state index in [4.69, 9.17) is 14.4 Å². The maximum absolute atomic E-state index is 8.03. The van der Waals surface area contributed by atoms with Crippen molar-refractivity contribution in [3.05, 3.63) is 71.8 Å². The average molecular weight is 272 g/mol. The van der Waals surface area contributed by atoms with E-state index in [2.05, 4.69) is 9.98 Å². The monoisotopic (exact) mass is 271 g/mol. The highest BCUT2D eigenvalue weighted by Gasteiger charge is 2.16. The van der Waals surface area contributed by atoms with Gasteiger partial charge < -0.3 is 5.31 Å². The van der Waals surface area contributed by atoms with Gasteiger partial charge in [0.25, 0.3) is 0 Å². The van der Waals surface area contributed by atoms with Crippen LogP contribution in [0.25, 0.3) is 0 Å². The number of nitrogens with one attached hydrogen (secondary N) is 1. The molecule has 94 valence electrons. The second kappa shape index (κ2) is 5.24. The second-order valence-electron chi connectivity index (χ2n) is 3.98. The molecule has 1 atom stereocenters. The minimum absolute atomic E-state index is 0.300. The maximum atomic E-state index is 8.03. The van der Waals surface area contributed by atoms with Gasteiger partial charge in [-0.3, -0.25) is 0 Å². The molecule has 3 nitrogen and oxygen atoms in total. The Morgan fingerprint density at radius 1 is 1.00 bits per heavy atom. The van der Waals surface area contributed by atoms with Crippen molar-refractivity contribution in [3.8, 4) is 0 Å². The molecule has 0 bridgehead atoms. The molecule has 3 rings (SSSR count). The number of amidine groups is 2. The number of rotatable bonds is 2. The largest absolute Gasteiger partial charge is 0.335 e. The molecule has 2 aromatic rings. The molecule has 0 saturated carbocycles. The zero-order valence-corrected chi connectivity index (χ0v) is 10.7. The first-order valence-corrected chi connectivity index (χ1v) is 6.23. The molecule has 0 saturated heterocycles. The summed E-state index contributed by atoms with van der Waals surface area (Å²) in [6.45, 7) is 0. The number of aliphatic imine (C=N–C) groups is 2. The Kier molecular flexibility index (Phi) is 2.69. The van der Waals surface area contributed by atoms with Crippen LogP contribution in [0.5, 0.6) is 0 Å². The molecule has 19 heavy (non-hydrogen) atoms. The molecule has 0 radical (unpaired) electrons. The lowest BCUT2D eigenvalue weighted by atomic mass is 10.1. The van der Waals surface area contributed by atoms with Crippen LogP contribution < -0.4 is 5.31 Å². The molecular formula is C15H12ClN3. The van der Waals surface area contributed by atoms with Crippen molar-refractivity contribution in [2.45, 2.75) is 5.60 Å². The number of halogens is 1. The van der Waals surface area contributed by atoms with Gasteiger partial charge in [0.1, 0.15) is 5.84 Å². The van der Waals surface area contributed by atoms with E-state index in [1.165, 1.54) is 0 Å². The van der Waals surface area contributed by atoms with Gasteiger partial charge in [-0.05, 0) is 0 Å². The first kappa shape index (κ1) is 9.75. The highest BCUT2D eigenvalue weighted by Crippen LogP contribution is 2.12. The highest BCUT2D eigenvalue weighted by molar-refractivity contribution is 6.25. The van der Waals surface area contributed by atoms with E-state index in [0.29, 0.717) is 17.2 Å². The summed E-state index contributed by atoms with van der Waals surface area (Å²) in [6.07, 6.45) is 0. The summed E-state index contributed by atoms with van der Waals surface area (Å²) in [4.78, 5) is 8.44. The fourth-order valence-corrected chi connectivity index (χ4v) is 1.94. The van der Waals surface area contributed by atoms with Crippen LogP contribution in [-0.2, 0) is 0 Å². The van der Waals surface area contributed by atoms with E-state index in [-0.39, 0.29) is 0 Å². The van der Waals surface area contributed by atoms with Crippen molar-refractivity contribution in [2.75, 3.05) is 0 Å². The summed E-state index contributed by atoms with van der Waals surface area (Å²) in [5.41, 5.74) is -0.456. The van der Waals surface area contributed by atoms with Gasteiger partial charge in [0.05, 0.1) is 1.37 Å². The van der Waals surface area contributed by atoms with Gasteiger partial charge in [0.2, 0.25) is 0 Å². The Morgan fingerprint density at radius 2 is 1.58 bits per heavy atom. The third-order valence-corrected chi connectivity index (χ3v) is 2.84. The van der Waals surface area contributed by atoms with E-state index in [9.17, 15) is 0 Å². The quantitative estimate of drug-likeness (QED) is 0.662. The Labute approximate surface area is 119 Å². The predicted molar refractivity (Wildman–Crippen MR) is 78.7 cm³/mol. The molecule has 0 amide bonds. The lowest BCUT2D eigenvalue weighted by molar-refractivity contribution is 0.831. The van der Waals surface area contributed by atoms with Gasteiger partial charge in [-0.25, -0.2) is 9.98 Å². The Morgan fingerprint density at radius 3 is 2.21 bits per heavy atom. The van der Waals surface area contributed by atoms with Crippen molar-refractivity contribution in [1.82, 2.24) is 5.31 Å². The minimum Gasteiger partial charge on any atom is -0.335 e. The van der Waals surface area contributed by atoms with Crippen LogP contribution in [0.4, 0.5) is 0 Å². The Hall–Kier alpha value is -2.13. The molecule has 1 aliphatic rings. The van der Waals surface area contributed by atoms with Gasteiger partial charge >= 0.3 is 0 Å². The van der Waals surface area contributed by atoms with Crippen LogP contribution in [0.3, 0.4) is 0 Å². The SMILES string of the molecule is [2H]N1C(c2ccccc2)=NC(c2ccccc2)=NC1([2H])Cl. The van der Waals surface area contributed by atoms with Crippen LogP contribution in [0.2, 0.25) is 1.41 Å². The number of hydrogen-bond acceptors (Lipinski definition) is 3. The molecule has 1 heterocycles. The van der Waals surface area contributed by atoms with Crippen molar-refractivity contribution in [3.63, 3.8) is 0 Å². The number of alkyl halides is 1. The van der Waals surface area contributed by atoms with Crippen molar-refractivity contribution >= 4 is 23.3 Å². The topological polar surface area (TPSA) is 36.8 Å². The third-order valence-electron chi connectivity index (χ3n) is 2.67. The van der Waals surface area contributed by atoms with E-state index < -0.39 is 5.60 Å². The van der Waals surface area contributed by atoms with E-state index >= 15 is 0 Å². The van der Waals surface area contributed by atoms with Crippen molar-refractivity contribution in [1.29, 1.82) is 0 Å². The van der Waals surface area contributed by atoms with Gasteiger partial charge in [-0.1, -0.05) is 72.3 Å². The van der Waals surface area contributed by atoms with Crippen LogP contribution in [0.15, 0.2) is 70.6 Å². The molecule has 1 aliphatic heterocycles. The van der Waals surface area contributed by atoms with Crippen molar-refractivity contribution in [2.24, 2.45) is 9.98 Å². The zero-order chi connectivity index (χ0) is 14.9. The molecule has 1 unspecified atom stereocenters. The average Bonchev–Trinajstić information content (AvgIpc) is 2.51. The molecule has 2 aromatic carbocycles. The zero-order valence-electron chi connectivity index (χ0n) is 12.0. The summed E-state index contributed by atoms with van der Waals surface area (Å²) in [5.74, 6) is 0.650. The summed E-state index contributed by atoms with van der Waals surface area (Å²) >= 11 is 6.05. The fraction of sp³-hybridized carbons (Fsp3) is 0.0667. The van der Waals surface area contributed by atoms with Gasteiger partial charge in [0, 0.05) is 11.1 Å². The van der Waals surface area contributed by atoms with Gasteiger partial charge in [0.15, 0.2) is 12.8 Å². The van der Waals surface area contributed by atoms with Crippen molar-refractivity contribution < 1.29 is 2.78 Å². The fourth-order valence-electron chi connectivity index (χ4n) is 1.78. The number of benzene rings is 2. The third kappa shape index (κ3) is 2.66. The molecule has 1 N–H and O–H groups in total. The number of nitrogens with zero attached hydrogens (tertiary/aromatic N) is 2. The molecule has 0 aliphatic carbocycles. The molecule has 0 spiro atoms. The Bertz CT molecular complexity index is 699. The maximum Gasteiger partial charge on any atom is 0.198 e. The summed E-state index contributed by atoms with van der Waals surface area (Å²) in [6, 6.07) is 18.5. The van der Waals surface area contributed by atoms with Gasteiger partial charge in [-0.2, -0.15) is 0 Å². The first-order valence-electron chi connectivity index (χ1n) is 6.80. The lowest BCUT2D eigenvalue weighted by Crippen LogP contribution is -2.35. The van der Waals surface area contributed by atoms with Crippen LogP contribution >= 0.6 is 11.6 Å². The molecule has 4 heteroatoms. The molecule has 0 aromatic heterocycles. The summed E-state index contributed by atoms with van der Waals surface area (Å²) in [5, 5.41) is 0.802. The smallest absolute Gasteiger partial charge is 0.198 e. The van der Waals surface area contributed by atoms with Gasteiger partial charge in [-0.15, -0.1) is 0 Å². The van der Waals surface area contributed by atoms with E-state index in [1.807, 2.05) is 60.7 Å². The summed E-state index contributed by atoms with van der Waals surface area (Å²) < 4.78 is 16.0. The van der Waals surface area contributed by atoms with Crippen LogP contribution in [0, 0.1) is 0 Å². The van der Waals surface area contributed by atoms with Crippen LogP contribution in [0.1, 0.15) is 12.5 Å². The van der Waals surface area contributed by atoms with E-state index in [0.717, 1.165) is 10.9 Å². The lowest BCUT2D eigenvalue weighted by Gasteiger charge is -2.18.